The second-order valence-corrected chi connectivity index (χ2v) is 4.51. The molecule has 2 amide bonds. The average Bonchev–Trinajstić information content (AvgIpc) is 2.45. The van der Waals surface area contributed by atoms with Crippen LogP contribution in [0.4, 0.5) is 23.7 Å². The van der Waals surface area contributed by atoms with Gasteiger partial charge in [-0.05, 0) is 18.6 Å². The summed E-state index contributed by atoms with van der Waals surface area (Å²) < 4.78 is 42.1. The average molecular weight is 320 g/mol. The van der Waals surface area contributed by atoms with E-state index in [-0.39, 0.29) is 24.6 Å². The van der Waals surface area contributed by atoms with Crippen molar-refractivity contribution >= 4 is 11.7 Å². The molecule has 0 radical (unpaired) electrons. The number of halogens is 3. The van der Waals surface area contributed by atoms with Crippen molar-refractivity contribution in [2.24, 2.45) is 0 Å². The molecule has 8 heteroatoms. The number of urea groups is 1. The number of nitrogens with zero attached hydrogens (tertiary/aromatic N) is 1. The minimum absolute atomic E-state index is 0.0895. The van der Waals surface area contributed by atoms with E-state index in [1.807, 2.05) is 6.92 Å². The molecule has 1 aromatic carbocycles. The van der Waals surface area contributed by atoms with Gasteiger partial charge in [-0.3, -0.25) is 0 Å². The third-order valence-electron chi connectivity index (χ3n) is 2.84. The molecule has 1 aromatic rings. The normalized spacial score (nSPS) is 10.6. The van der Waals surface area contributed by atoms with Gasteiger partial charge in [0.25, 0.3) is 0 Å². The summed E-state index contributed by atoms with van der Waals surface area (Å²) in [6.07, 6.45) is 1.56. The summed E-state index contributed by atoms with van der Waals surface area (Å²) in [5.41, 5.74) is -0.190. The van der Waals surface area contributed by atoms with Crippen LogP contribution < -0.4 is 10.1 Å². The number of benzene rings is 1. The van der Waals surface area contributed by atoms with Gasteiger partial charge in [0.1, 0.15) is 11.6 Å². The Morgan fingerprint density at radius 1 is 1.41 bits per heavy atom. The van der Waals surface area contributed by atoms with Crippen LogP contribution in [0.2, 0.25) is 0 Å². The predicted octanol–water partition coefficient (Wildman–Crippen LogP) is 3.05. The summed E-state index contributed by atoms with van der Waals surface area (Å²) >= 11 is 0. The fraction of sp³-hybridized carbons (Fsp3) is 0.500. The zero-order valence-electron chi connectivity index (χ0n) is 12.2. The molecule has 22 heavy (non-hydrogen) atoms. The van der Waals surface area contributed by atoms with E-state index < -0.39 is 18.5 Å². The molecule has 2 N–H and O–H groups in total. The molecule has 124 valence electrons. The van der Waals surface area contributed by atoms with Crippen molar-refractivity contribution in [1.29, 1.82) is 0 Å². The van der Waals surface area contributed by atoms with E-state index in [0.29, 0.717) is 6.54 Å². The molecule has 1 rings (SSSR count). The van der Waals surface area contributed by atoms with E-state index in [1.165, 1.54) is 4.90 Å². The van der Waals surface area contributed by atoms with Crippen LogP contribution in [0.5, 0.6) is 5.75 Å². The summed E-state index contributed by atoms with van der Waals surface area (Å²) in [6.45, 7) is -0.901. The van der Waals surface area contributed by atoms with Crippen molar-refractivity contribution in [3.05, 3.63) is 24.0 Å². The van der Waals surface area contributed by atoms with Crippen LogP contribution in [0.1, 0.15) is 19.8 Å². The number of hydrogen-bond acceptors (Lipinski definition) is 3. The quantitative estimate of drug-likeness (QED) is 0.774. The van der Waals surface area contributed by atoms with Crippen molar-refractivity contribution < 1.29 is 27.8 Å². The summed E-state index contributed by atoms with van der Waals surface area (Å²) in [4.78, 5) is 13.4. The maximum absolute atomic E-state index is 13.2. The Kier molecular flexibility index (Phi) is 7.51. The predicted molar refractivity (Wildman–Crippen MR) is 75.6 cm³/mol. The molecule has 5 nitrogen and oxygen atoms in total. The third-order valence-corrected chi connectivity index (χ3v) is 2.84. The number of aliphatic hydroxyl groups excluding tert-OH is 1. The largest absolute Gasteiger partial charge is 0.433 e. The van der Waals surface area contributed by atoms with Crippen LogP contribution in [-0.4, -0.2) is 42.3 Å². The molecular formula is C14H19F3N2O3. The molecule has 0 aliphatic rings. The summed E-state index contributed by atoms with van der Waals surface area (Å²) in [5.74, 6) is -1.02. The van der Waals surface area contributed by atoms with Gasteiger partial charge < -0.3 is 20.1 Å². The number of nitrogens with one attached hydrogen (secondary N) is 1. The van der Waals surface area contributed by atoms with E-state index in [1.54, 1.807) is 0 Å². The zero-order valence-corrected chi connectivity index (χ0v) is 12.2. The molecule has 0 saturated carbocycles. The molecule has 0 atom stereocenters. The van der Waals surface area contributed by atoms with E-state index in [4.69, 9.17) is 5.11 Å². The Morgan fingerprint density at radius 3 is 2.73 bits per heavy atom. The molecule has 0 fully saturated rings. The minimum Gasteiger partial charge on any atom is -0.433 e. The lowest BCUT2D eigenvalue weighted by atomic mass is 10.2. The van der Waals surface area contributed by atoms with Crippen molar-refractivity contribution in [3.8, 4) is 5.75 Å². The molecule has 0 unspecified atom stereocenters. The van der Waals surface area contributed by atoms with Crippen molar-refractivity contribution in [3.63, 3.8) is 0 Å². The Morgan fingerprint density at radius 2 is 2.14 bits per heavy atom. The maximum atomic E-state index is 13.2. The van der Waals surface area contributed by atoms with Crippen LogP contribution in [0, 0.1) is 5.82 Å². The van der Waals surface area contributed by atoms with Gasteiger partial charge in [0.05, 0.1) is 12.3 Å². The molecule has 0 aromatic heterocycles. The van der Waals surface area contributed by atoms with Gasteiger partial charge in [0.2, 0.25) is 0 Å². The van der Waals surface area contributed by atoms with E-state index >= 15 is 0 Å². The highest BCUT2D eigenvalue weighted by molar-refractivity contribution is 5.91. The Balaban J connectivity index is 2.86. The summed E-state index contributed by atoms with van der Waals surface area (Å²) in [6, 6.07) is 2.24. The first kappa shape index (κ1) is 18.1. The molecule has 0 aliphatic carbocycles. The second kappa shape index (κ2) is 9.14. The number of rotatable bonds is 8. The molecule has 0 heterocycles. The first-order valence-electron chi connectivity index (χ1n) is 6.89. The van der Waals surface area contributed by atoms with Gasteiger partial charge in [-0.25, -0.2) is 9.18 Å². The lowest BCUT2D eigenvalue weighted by Crippen LogP contribution is -2.37. The van der Waals surface area contributed by atoms with E-state index in [2.05, 4.69) is 10.1 Å². The number of unbranched alkanes of at least 4 members (excludes halogenated alkanes) is 1. The van der Waals surface area contributed by atoms with Crippen molar-refractivity contribution in [1.82, 2.24) is 4.90 Å². The third kappa shape index (κ3) is 5.80. The number of anilines is 1. The number of aliphatic hydroxyl groups is 1. The van der Waals surface area contributed by atoms with Crippen molar-refractivity contribution in [2.45, 2.75) is 26.4 Å². The van der Waals surface area contributed by atoms with Gasteiger partial charge in [0.15, 0.2) is 0 Å². The topological polar surface area (TPSA) is 61.8 Å². The summed E-state index contributed by atoms with van der Waals surface area (Å²) in [5, 5.41) is 11.3. The van der Waals surface area contributed by atoms with E-state index in [9.17, 15) is 18.0 Å². The SMILES string of the molecule is CCCCN(CCO)C(=O)Nc1cc(F)ccc1OC(F)F. The van der Waals surface area contributed by atoms with Gasteiger partial charge >= 0.3 is 12.6 Å². The Hall–Kier alpha value is -1.96. The van der Waals surface area contributed by atoms with Gasteiger partial charge in [0, 0.05) is 19.2 Å². The number of ether oxygens (including phenoxy) is 1. The van der Waals surface area contributed by atoms with E-state index in [0.717, 1.165) is 31.0 Å². The van der Waals surface area contributed by atoms with Crippen LogP contribution in [0.25, 0.3) is 0 Å². The monoisotopic (exact) mass is 320 g/mol. The number of hydrogen-bond donors (Lipinski definition) is 2. The molecule has 0 saturated heterocycles. The first-order valence-corrected chi connectivity index (χ1v) is 6.89. The van der Waals surface area contributed by atoms with Crippen LogP contribution in [0.15, 0.2) is 18.2 Å². The number of carbonyl (C=O) groups is 1. The number of alkyl halides is 2. The van der Waals surface area contributed by atoms with Gasteiger partial charge in [-0.15, -0.1) is 0 Å². The van der Waals surface area contributed by atoms with Crippen LogP contribution >= 0.6 is 0 Å². The number of carbonyl (C=O) groups excluding carboxylic acids is 1. The zero-order chi connectivity index (χ0) is 16.5. The molecular weight excluding hydrogens is 301 g/mol. The van der Waals surface area contributed by atoms with Gasteiger partial charge in [-0.2, -0.15) is 8.78 Å². The first-order chi connectivity index (χ1) is 10.5. The summed E-state index contributed by atoms with van der Waals surface area (Å²) in [7, 11) is 0. The lowest BCUT2D eigenvalue weighted by Gasteiger charge is -2.22. The Labute approximate surface area is 126 Å². The smallest absolute Gasteiger partial charge is 0.387 e. The maximum Gasteiger partial charge on any atom is 0.387 e. The van der Waals surface area contributed by atoms with Crippen molar-refractivity contribution in [2.75, 3.05) is 25.0 Å². The highest BCUT2D eigenvalue weighted by Gasteiger charge is 2.17. The molecule has 0 spiro atoms. The minimum atomic E-state index is -3.09. The highest BCUT2D eigenvalue weighted by Crippen LogP contribution is 2.27. The molecule has 0 aliphatic heterocycles. The second-order valence-electron chi connectivity index (χ2n) is 4.51. The lowest BCUT2D eigenvalue weighted by molar-refractivity contribution is -0.0494. The van der Waals surface area contributed by atoms with Crippen LogP contribution in [-0.2, 0) is 0 Å². The fourth-order valence-corrected chi connectivity index (χ4v) is 1.78. The molecule has 0 bridgehead atoms. The van der Waals surface area contributed by atoms with Crippen LogP contribution in [0.3, 0.4) is 0 Å². The van der Waals surface area contributed by atoms with Gasteiger partial charge in [-0.1, -0.05) is 13.3 Å². The Bertz CT molecular complexity index is 486. The fourth-order valence-electron chi connectivity index (χ4n) is 1.78. The standard InChI is InChI=1S/C14H19F3N2O3/c1-2-3-6-19(7-8-20)14(21)18-11-9-10(15)4-5-12(11)22-13(16)17/h4-5,9,13,20H,2-3,6-8H2,1H3,(H,18,21). The highest BCUT2D eigenvalue weighted by atomic mass is 19.3. The number of amides is 2.